The molecule has 0 radical (unpaired) electrons. The minimum absolute atomic E-state index is 0.118. The van der Waals surface area contributed by atoms with Crippen LogP contribution in [0.4, 0.5) is 0 Å². The van der Waals surface area contributed by atoms with Crippen molar-refractivity contribution in [3.63, 3.8) is 0 Å². The zero-order valence-corrected chi connectivity index (χ0v) is 11.1. The van der Waals surface area contributed by atoms with Gasteiger partial charge in [0, 0.05) is 0 Å². The van der Waals surface area contributed by atoms with Crippen molar-refractivity contribution in [2.24, 2.45) is 5.73 Å². The molecular formula is C16H19NO2. The van der Waals surface area contributed by atoms with Crippen molar-refractivity contribution in [1.29, 1.82) is 0 Å². The molecule has 0 saturated carbocycles. The lowest BCUT2D eigenvalue weighted by atomic mass is 10.1. The van der Waals surface area contributed by atoms with Crippen LogP contribution in [-0.2, 0) is 0 Å². The Kier molecular flexibility index (Phi) is 4.81. The molecule has 3 nitrogen and oxygen atoms in total. The van der Waals surface area contributed by atoms with E-state index in [-0.39, 0.29) is 6.04 Å². The third-order valence-electron chi connectivity index (χ3n) is 2.79. The van der Waals surface area contributed by atoms with Crippen molar-refractivity contribution >= 4 is 0 Å². The first-order valence-corrected chi connectivity index (χ1v) is 6.46. The summed E-state index contributed by atoms with van der Waals surface area (Å²) < 4.78 is 11.1. The van der Waals surface area contributed by atoms with Crippen LogP contribution in [0.2, 0.25) is 0 Å². The molecule has 2 N–H and O–H groups in total. The average Bonchev–Trinajstić information content (AvgIpc) is 2.47. The molecule has 0 amide bonds. The molecule has 1 atom stereocenters. The van der Waals surface area contributed by atoms with Crippen LogP contribution in [0.5, 0.6) is 11.5 Å². The number of benzene rings is 2. The summed E-state index contributed by atoms with van der Waals surface area (Å²) >= 11 is 0. The second-order valence-electron chi connectivity index (χ2n) is 4.23. The van der Waals surface area contributed by atoms with E-state index in [0.717, 1.165) is 17.1 Å². The van der Waals surface area contributed by atoms with Crippen LogP contribution < -0.4 is 15.2 Å². The van der Waals surface area contributed by atoms with Gasteiger partial charge < -0.3 is 15.2 Å². The molecule has 0 aliphatic heterocycles. The molecule has 3 heteroatoms. The molecule has 0 bridgehead atoms. The van der Waals surface area contributed by atoms with Gasteiger partial charge in [0.25, 0.3) is 0 Å². The van der Waals surface area contributed by atoms with Gasteiger partial charge in [0.1, 0.15) is 18.1 Å². The fraction of sp³-hybridized carbons (Fsp3) is 0.250. The van der Waals surface area contributed by atoms with Gasteiger partial charge in [-0.3, -0.25) is 0 Å². The average molecular weight is 257 g/mol. The first kappa shape index (κ1) is 13.4. The van der Waals surface area contributed by atoms with Crippen LogP contribution in [-0.4, -0.2) is 13.2 Å². The summed E-state index contributed by atoms with van der Waals surface area (Å²) in [5, 5.41) is 0. The van der Waals surface area contributed by atoms with E-state index in [2.05, 4.69) is 0 Å². The molecule has 2 rings (SSSR count). The Balaban J connectivity index is 1.88. The highest BCUT2D eigenvalue weighted by Crippen LogP contribution is 2.19. The molecule has 2 aromatic carbocycles. The SMILES string of the molecule is CCOc1ccc(OCC(N)c2ccccc2)cc1. The van der Waals surface area contributed by atoms with Crippen LogP contribution >= 0.6 is 0 Å². The molecule has 2 aromatic rings. The molecule has 0 aromatic heterocycles. The number of hydrogen-bond acceptors (Lipinski definition) is 3. The summed E-state index contributed by atoms with van der Waals surface area (Å²) in [6.07, 6.45) is 0. The highest BCUT2D eigenvalue weighted by Gasteiger charge is 2.06. The third-order valence-corrected chi connectivity index (χ3v) is 2.79. The zero-order chi connectivity index (χ0) is 13.5. The number of hydrogen-bond donors (Lipinski definition) is 1. The van der Waals surface area contributed by atoms with E-state index in [1.807, 2.05) is 61.5 Å². The summed E-state index contributed by atoms with van der Waals surface area (Å²) in [5.74, 6) is 1.65. The van der Waals surface area contributed by atoms with E-state index < -0.39 is 0 Å². The lowest BCUT2D eigenvalue weighted by Crippen LogP contribution is -2.18. The predicted octanol–water partition coefficient (Wildman–Crippen LogP) is 3.16. The Morgan fingerprint density at radius 3 is 2.05 bits per heavy atom. The maximum Gasteiger partial charge on any atom is 0.119 e. The van der Waals surface area contributed by atoms with E-state index in [1.165, 1.54) is 0 Å². The Labute approximate surface area is 114 Å². The van der Waals surface area contributed by atoms with Gasteiger partial charge in [-0.2, -0.15) is 0 Å². The van der Waals surface area contributed by atoms with Gasteiger partial charge in [0.15, 0.2) is 0 Å². The Morgan fingerprint density at radius 1 is 0.895 bits per heavy atom. The number of rotatable bonds is 6. The van der Waals surface area contributed by atoms with Gasteiger partial charge in [-0.1, -0.05) is 30.3 Å². The molecule has 0 aliphatic rings. The summed E-state index contributed by atoms with van der Waals surface area (Å²) in [5.41, 5.74) is 7.15. The van der Waals surface area contributed by atoms with Crippen LogP contribution in [0.15, 0.2) is 54.6 Å². The fourth-order valence-corrected chi connectivity index (χ4v) is 1.78. The first-order chi connectivity index (χ1) is 9.29. The first-order valence-electron chi connectivity index (χ1n) is 6.46. The lowest BCUT2D eigenvalue weighted by molar-refractivity contribution is 0.289. The van der Waals surface area contributed by atoms with E-state index >= 15 is 0 Å². The van der Waals surface area contributed by atoms with Gasteiger partial charge in [-0.25, -0.2) is 0 Å². The molecule has 0 fully saturated rings. The summed E-state index contributed by atoms with van der Waals surface area (Å²) in [6.45, 7) is 3.08. The summed E-state index contributed by atoms with van der Waals surface area (Å²) in [7, 11) is 0. The second-order valence-corrected chi connectivity index (χ2v) is 4.23. The van der Waals surface area contributed by atoms with Crippen molar-refractivity contribution < 1.29 is 9.47 Å². The quantitative estimate of drug-likeness (QED) is 0.864. The minimum atomic E-state index is -0.118. The van der Waals surface area contributed by atoms with Crippen molar-refractivity contribution in [2.45, 2.75) is 13.0 Å². The molecule has 1 unspecified atom stereocenters. The van der Waals surface area contributed by atoms with Crippen LogP contribution in [0.25, 0.3) is 0 Å². The van der Waals surface area contributed by atoms with E-state index in [4.69, 9.17) is 15.2 Å². The van der Waals surface area contributed by atoms with Crippen LogP contribution in [0, 0.1) is 0 Å². The number of ether oxygens (including phenoxy) is 2. The smallest absolute Gasteiger partial charge is 0.119 e. The standard InChI is InChI=1S/C16H19NO2/c1-2-18-14-8-10-15(11-9-14)19-12-16(17)13-6-4-3-5-7-13/h3-11,16H,2,12,17H2,1H3. The molecule has 0 saturated heterocycles. The molecule has 0 aliphatic carbocycles. The highest BCUT2D eigenvalue weighted by molar-refractivity contribution is 5.31. The molecule has 0 heterocycles. The van der Waals surface area contributed by atoms with Gasteiger partial charge >= 0.3 is 0 Å². The van der Waals surface area contributed by atoms with Gasteiger partial charge in [-0.15, -0.1) is 0 Å². The van der Waals surface area contributed by atoms with E-state index in [1.54, 1.807) is 0 Å². The largest absolute Gasteiger partial charge is 0.494 e. The van der Waals surface area contributed by atoms with Crippen molar-refractivity contribution in [2.75, 3.05) is 13.2 Å². The molecule has 19 heavy (non-hydrogen) atoms. The van der Waals surface area contributed by atoms with Gasteiger partial charge in [0.2, 0.25) is 0 Å². The second kappa shape index (κ2) is 6.81. The van der Waals surface area contributed by atoms with Crippen molar-refractivity contribution in [3.8, 4) is 11.5 Å². The van der Waals surface area contributed by atoms with Crippen molar-refractivity contribution in [1.82, 2.24) is 0 Å². The fourth-order valence-electron chi connectivity index (χ4n) is 1.78. The maximum atomic E-state index is 6.07. The lowest BCUT2D eigenvalue weighted by Gasteiger charge is -2.13. The number of nitrogens with two attached hydrogens (primary N) is 1. The Morgan fingerprint density at radius 2 is 1.47 bits per heavy atom. The monoisotopic (exact) mass is 257 g/mol. The van der Waals surface area contributed by atoms with Crippen LogP contribution in [0.1, 0.15) is 18.5 Å². The van der Waals surface area contributed by atoms with Crippen LogP contribution in [0.3, 0.4) is 0 Å². The summed E-state index contributed by atoms with van der Waals surface area (Å²) in [4.78, 5) is 0. The normalized spacial score (nSPS) is 11.9. The highest BCUT2D eigenvalue weighted by atomic mass is 16.5. The summed E-state index contributed by atoms with van der Waals surface area (Å²) in [6, 6.07) is 17.4. The molecular weight excluding hydrogens is 238 g/mol. The van der Waals surface area contributed by atoms with Gasteiger partial charge in [0.05, 0.1) is 12.6 Å². The Hall–Kier alpha value is -2.00. The van der Waals surface area contributed by atoms with E-state index in [9.17, 15) is 0 Å². The topological polar surface area (TPSA) is 44.5 Å². The molecule has 100 valence electrons. The minimum Gasteiger partial charge on any atom is -0.494 e. The van der Waals surface area contributed by atoms with Gasteiger partial charge in [-0.05, 0) is 36.8 Å². The zero-order valence-electron chi connectivity index (χ0n) is 11.1. The molecule has 0 spiro atoms. The Bertz CT molecular complexity index is 482. The van der Waals surface area contributed by atoms with E-state index in [0.29, 0.717) is 13.2 Å². The van der Waals surface area contributed by atoms with Crippen molar-refractivity contribution in [3.05, 3.63) is 60.2 Å². The maximum absolute atomic E-state index is 6.07. The third kappa shape index (κ3) is 4.00. The predicted molar refractivity (Wildman–Crippen MR) is 76.5 cm³/mol.